The molecular weight excluding hydrogens is 362 g/mol. The van der Waals surface area contributed by atoms with E-state index in [4.69, 9.17) is 0 Å². The zero-order chi connectivity index (χ0) is 19.3. The summed E-state index contributed by atoms with van der Waals surface area (Å²) in [6.07, 6.45) is 0.475. The molecule has 6 nitrogen and oxygen atoms in total. The highest BCUT2D eigenvalue weighted by molar-refractivity contribution is 7.92. The van der Waals surface area contributed by atoms with Gasteiger partial charge in [0.2, 0.25) is 15.9 Å². The van der Waals surface area contributed by atoms with E-state index in [0.717, 1.165) is 24.3 Å². The molecule has 1 heterocycles. The van der Waals surface area contributed by atoms with E-state index < -0.39 is 10.0 Å². The SMILES string of the molecule is CC(=O)N1CCN(c2cccc(NS(=O)(=O)CCc3ccccc3)c2)CC1. The first-order valence-electron chi connectivity index (χ1n) is 9.08. The van der Waals surface area contributed by atoms with E-state index in [1.54, 1.807) is 13.0 Å². The lowest BCUT2D eigenvalue weighted by atomic mass is 10.2. The molecule has 1 saturated heterocycles. The Kier molecular flexibility index (Phi) is 6.01. The van der Waals surface area contributed by atoms with Crippen LogP contribution in [0, 0.1) is 0 Å². The molecule has 1 aliphatic heterocycles. The summed E-state index contributed by atoms with van der Waals surface area (Å²) < 4.78 is 27.5. The number of nitrogens with one attached hydrogen (secondary N) is 1. The molecule has 0 bridgehead atoms. The number of carbonyl (C=O) groups is 1. The summed E-state index contributed by atoms with van der Waals surface area (Å²) in [4.78, 5) is 15.4. The van der Waals surface area contributed by atoms with Crippen LogP contribution in [-0.2, 0) is 21.2 Å². The number of anilines is 2. The highest BCUT2D eigenvalue weighted by Gasteiger charge is 2.19. The van der Waals surface area contributed by atoms with E-state index in [0.29, 0.717) is 25.2 Å². The van der Waals surface area contributed by atoms with E-state index in [9.17, 15) is 13.2 Å². The molecule has 0 spiro atoms. The third kappa shape index (κ3) is 5.47. The van der Waals surface area contributed by atoms with Crippen LogP contribution in [0.3, 0.4) is 0 Å². The van der Waals surface area contributed by atoms with E-state index in [2.05, 4.69) is 9.62 Å². The van der Waals surface area contributed by atoms with Gasteiger partial charge in [0.1, 0.15) is 0 Å². The molecule has 7 heteroatoms. The maximum atomic E-state index is 12.4. The second-order valence-corrected chi connectivity index (χ2v) is 8.54. The van der Waals surface area contributed by atoms with Gasteiger partial charge in [0, 0.05) is 38.8 Å². The monoisotopic (exact) mass is 387 g/mol. The van der Waals surface area contributed by atoms with Gasteiger partial charge >= 0.3 is 0 Å². The average Bonchev–Trinajstić information content (AvgIpc) is 2.67. The van der Waals surface area contributed by atoms with Gasteiger partial charge in [-0.2, -0.15) is 0 Å². The normalized spacial score (nSPS) is 14.9. The summed E-state index contributed by atoms with van der Waals surface area (Å²) in [5.41, 5.74) is 2.52. The van der Waals surface area contributed by atoms with Crippen LogP contribution in [0.25, 0.3) is 0 Å². The van der Waals surface area contributed by atoms with Crippen molar-refractivity contribution in [2.24, 2.45) is 0 Å². The number of amides is 1. The summed E-state index contributed by atoms with van der Waals surface area (Å²) in [7, 11) is -3.42. The maximum absolute atomic E-state index is 12.4. The summed E-state index contributed by atoms with van der Waals surface area (Å²) >= 11 is 0. The van der Waals surface area contributed by atoms with Gasteiger partial charge in [-0.05, 0) is 30.2 Å². The van der Waals surface area contributed by atoms with Crippen LogP contribution >= 0.6 is 0 Å². The number of hydrogen-bond acceptors (Lipinski definition) is 4. The van der Waals surface area contributed by atoms with E-state index in [-0.39, 0.29) is 11.7 Å². The van der Waals surface area contributed by atoms with E-state index >= 15 is 0 Å². The van der Waals surface area contributed by atoms with Crippen molar-refractivity contribution in [2.75, 3.05) is 41.6 Å². The van der Waals surface area contributed by atoms with Gasteiger partial charge in [-0.15, -0.1) is 0 Å². The van der Waals surface area contributed by atoms with Crippen molar-refractivity contribution in [3.05, 3.63) is 60.2 Å². The first-order chi connectivity index (χ1) is 12.9. The van der Waals surface area contributed by atoms with Crippen LogP contribution < -0.4 is 9.62 Å². The number of carbonyl (C=O) groups excluding carboxylic acids is 1. The Hall–Kier alpha value is -2.54. The van der Waals surface area contributed by atoms with Gasteiger partial charge in [0.05, 0.1) is 11.4 Å². The largest absolute Gasteiger partial charge is 0.368 e. The second-order valence-electron chi connectivity index (χ2n) is 6.70. The molecule has 27 heavy (non-hydrogen) atoms. The molecule has 1 fully saturated rings. The van der Waals surface area contributed by atoms with Gasteiger partial charge in [-0.25, -0.2) is 8.42 Å². The van der Waals surface area contributed by atoms with Crippen LogP contribution in [0.2, 0.25) is 0 Å². The lowest BCUT2D eigenvalue weighted by Gasteiger charge is -2.35. The van der Waals surface area contributed by atoms with Gasteiger partial charge in [0.25, 0.3) is 0 Å². The smallest absolute Gasteiger partial charge is 0.233 e. The van der Waals surface area contributed by atoms with Crippen LogP contribution in [0.5, 0.6) is 0 Å². The molecule has 1 N–H and O–H groups in total. The van der Waals surface area contributed by atoms with Crippen LogP contribution in [0.15, 0.2) is 54.6 Å². The third-order valence-electron chi connectivity index (χ3n) is 4.71. The van der Waals surface area contributed by atoms with Crippen LogP contribution in [0.1, 0.15) is 12.5 Å². The predicted octanol–water partition coefficient (Wildman–Crippen LogP) is 2.34. The van der Waals surface area contributed by atoms with Crippen molar-refractivity contribution in [3.63, 3.8) is 0 Å². The highest BCUT2D eigenvalue weighted by Crippen LogP contribution is 2.22. The Morgan fingerprint density at radius 1 is 1.00 bits per heavy atom. The number of sulfonamides is 1. The number of piperazine rings is 1. The minimum Gasteiger partial charge on any atom is -0.368 e. The topological polar surface area (TPSA) is 69.7 Å². The summed E-state index contributed by atoms with van der Waals surface area (Å²) in [5.74, 6) is 0.132. The standard InChI is InChI=1S/C20H25N3O3S/c1-17(24)22-11-13-23(14-12-22)20-9-5-8-19(16-20)21-27(25,26)15-10-18-6-3-2-4-7-18/h2-9,16,21H,10-15H2,1H3. The highest BCUT2D eigenvalue weighted by atomic mass is 32.2. The zero-order valence-electron chi connectivity index (χ0n) is 15.5. The summed E-state index contributed by atoms with van der Waals surface area (Å²) in [5, 5.41) is 0. The fourth-order valence-electron chi connectivity index (χ4n) is 3.17. The molecule has 0 aromatic heterocycles. The summed E-state index contributed by atoms with van der Waals surface area (Å²) in [6.45, 7) is 4.43. The molecule has 0 aliphatic carbocycles. The number of hydrogen-bond donors (Lipinski definition) is 1. The molecule has 0 atom stereocenters. The molecule has 0 unspecified atom stereocenters. The molecule has 0 saturated carbocycles. The lowest BCUT2D eigenvalue weighted by Crippen LogP contribution is -2.48. The van der Waals surface area contributed by atoms with Gasteiger partial charge in [0.15, 0.2) is 0 Å². The molecule has 3 rings (SSSR count). The van der Waals surface area contributed by atoms with Gasteiger partial charge in [-0.1, -0.05) is 36.4 Å². The fraction of sp³-hybridized carbons (Fsp3) is 0.350. The Morgan fingerprint density at radius 2 is 1.70 bits per heavy atom. The molecule has 2 aromatic rings. The van der Waals surface area contributed by atoms with Gasteiger partial charge in [-0.3, -0.25) is 9.52 Å². The number of aryl methyl sites for hydroxylation is 1. The Bertz CT molecular complexity index is 876. The molecular formula is C20H25N3O3S. The zero-order valence-corrected chi connectivity index (χ0v) is 16.3. The minimum atomic E-state index is -3.42. The number of rotatable bonds is 6. The summed E-state index contributed by atoms with van der Waals surface area (Å²) in [6, 6.07) is 17.0. The third-order valence-corrected chi connectivity index (χ3v) is 6.00. The van der Waals surface area contributed by atoms with Crippen molar-refractivity contribution in [1.82, 2.24) is 4.90 Å². The lowest BCUT2D eigenvalue weighted by molar-refractivity contribution is -0.129. The first-order valence-corrected chi connectivity index (χ1v) is 10.7. The van der Waals surface area contributed by atoms with Gasteiger partial charge < -0.3 is 9.80 Å². The Labute approximate surface area is 160 Å². The second kappa shape index (κ2) is 8.43. The molecule has 144 valence electrons. The quantitative estimate of drug-likeness (QED) is 0.826. The van der Waals surface area contributed by atoms with Crippen molar-refractivity contribution in [3.8, 4) is 0 Å². The van der Waals surface area contributed by atoms with Crippen molar-refractivity contribution in [1.29, 1.82) is 0 Å². The van der Waals surface area contributed by atoms with Crippen molar-refractivity contribution < 1.29 is 13.2 Å². The maximum Gasteiger partial charge on any atom is 0.233 e. The minimum absolute atomic E-state index is 0.0402. The number of nitrogens with zero attached hydrogens (tertiary/aromatic N) is 2. The van der Waals surface area contributed by atoms with Crippen molar-refractivity contribution >= 4 is 27.3 Å². The Morgan fingerprint density at radius 3 is 2.37 bits per heavy atom. The average molecular weight is 388 g/mol. The first kappa shape index (κ1) is 19.2. The molecule has 1 amide bonds. The molecule has 0 radical (unpaired) electrons. The van der Waals surface area contributed by atoms with Crippen LogP contribution in [0.4, 0.5) is 11.4 Å². The Balaban J connectivity index is 1.61. The van der Waals surface area contributed by atoms with E-state index in [1.165, 1.54) is 0 Å². The predicted molar refractivity (Wildman–Crippen MR) is 108 cm³/mol. The van der Waals surface area contributed by atoms with Crippen LogP contribution in [-0.4, -0.2) is 51.2 Å². The number of benzene rings is 2. The molecule has 1 aliphatic rings. The molecule has 2 aromatic carbocycles. The van der Waals surface area contributed by atoms with Crippen molar-refractivity contribution in [2.45, 2.75) is 13.3 Å². The fourth-order valence-corrected chi connectivity index (χ4v) is 4.27. The van der Waals surface area contributed by atoms with E-state index in [1.807, 2.05) is 53.4 Å².